The molecule has 0 unspecified atom stereocenters. The molecular weight excluding hydrogens is 251 g/mol. The van der Waals surface area contributed by atoms with E-state index >= 15 is 0 Å². The molecule has 2 rings (SSSR count). The molecule has 0 amide bonds. The number of aromatic nitrogens is 2. The molecule has 1 aromatic carbocycles. The molecule has 96 valence electrons. The highest BCUT2D eigenvalue weighted by Gasteiger charge is 2.19. The lowest BCUT2D eigenvalue weighted by molar-refractivity contribution is 0.613. The molecular formula is C14H16ClFN2. The first kappa shape index (κ1) is 13.1. The van der Waals surface area contributed by atoms with Crippen molar-refractivity contribution >= 4 is 11.6 Å². The Morgan fingerprint density at radius 2 is 2.11 bits per heavy atom. The molecule has 0 spiro atoms. The first-order valence-corrected chi connectivity index (χ1v) is 6.36. The third kappa shape index (κ3) is 2.41. The second kappa shape index (κ2) is 5.11. The Hall–Kier alpha value is -1.35. The molecule has 0 fully saturated rings. The molecule has 1 heterocycles. The van der Waals surface area contributed by atoms with Crippen molar-refractivity contribution in [3.8, 4) is 0 Å². The fourth-order valence-corrected chi connectivity index (χ4v) is 2.58. The largest absolute Gasteiger partial charge is 0.272 e. The van der Waals surface area contributed by atoms with Gasteiger partial charge in [0.15, 0.2) is 0 Å². The second-order valence-corrected chi connectivity index (χ2v) is 4.87. The van der Waals surface area contributed by atoms with Crippen LogP contribution in [0.3, 0.4) is 0 Å². The van der Waals surface area contributed by atoms with Crippen molar-refractivity contribution in [3.05, 3.63) is 52.1 Å². The van der Waals surface area contributed by atoms with E-state index in [-0.39, 0.29) is 11.7 Å². The van der Waals surface area contributed by atoms with Gasteiger partial charge in [-0.3, -0.25) is 4.68 Å². The van der Waals surface area contributed by atoms with Crippen LogP contribution in [0.1, 0.15) is 36.2 Å². The van der Waals surface area contributed by atoms with E-state index in [0.29, 0.717) is 5.02 Å². The molecule has 0 bridgehead atoms. The minimum atomic E-state index is -0.258. The summed E-state index contributed by atoms with van der Waals surface area (Å²) in [5.41, 5.74) is 2.84. The Bertz CT molecular complexity index is 563. The Labute approximate surface area is 111 Å². The van der Waals surface area contributed by atoms with Crippen molar-refractivity contribution in [2.45, 2.75) is 26.2 Å². The Morgan fingerprint density at radius 3 is 2.67 bits per heavy atom. The number of benzene rings is 1. The third-order valence-corrected chi connectivity index (χ3v) is 3.48. The molecule has 1 aromatic heterocycles. The predicted molar refractivity (Wildman–Crippen MR) is 71.5 cm³/mol. The van der Waals surface area contributed by atoms with E-state index in [1.54, 1.807) is 6.07 Å². The Balaban J connectivity index is 2.51. The van der Waals surface area contributed by atoms with Gasteiger partial charge >= 0.3 is 0 Å². The summed E-state index contributed by atoms with van der Waals surface area (Å²) >= 11 is 6.18. The third-order valence-electron chi connectivity index (χ3n) is 3.14. The van der Waals surface area contributed by atoms with Crippen LogP contribution >= 0.6 is 11.6 Å². The first-order chi connectivity index (χ1) is 8.52. The molecule has 0 aliphatic heterocycles. The number of halogens is 2. The highest BCUT2D eigenvalue weighted by Crippen LogP contribution is 2.33. The van der Waals surface area contributed by atoms with Crippen LogP contribution in [0.15, 0.2) is 24.3 Å². The minimum absolute atomic E-state index is 0.0689. The van der Waals surface area contributed by atoms with Crippen molar-refractivity contribution in [1.29, 1.82) is 0 Å². The predicted octanol–water partition coefficient (Wildman–Crippen LogP) is 4.06. The molecule has 2 aromatic rings. The van der Waals surface area contributed by atoms with Gasteiger partial charge in [0, 0.05) is 23.7 Å². The average molecular weight is 267 g/mol. The van der Waals surface area contributed by atoms with E-state index in [0.717, 1.165) is 23.4 Å². The van der Waals surface area contributed by atoms with Gasteiger partial charge in [0.2, 0.25) is 0 Å². The molecule has 2 nitrogen and oxygen atoms in total. The van der Waals surface area contributed by atoms with Crippen molar-refractivity contribution < 1.29 is 4.39 Å². The standard InChI is InChI=1S/C14H16ClFN2/c1-4-11(14-7-9(2)17-18(14)3)12-8-10(16)5-6-13(12)15/h5-8,11H,4H2,1-3H3/t11-/m0/s1. The molecule has 0 N–H and O–H groups in total. The maximum atomic E-state index is 13.4. The van der Waals surface area contributed by atoms with Crippen molar-refractivity contribution in [2.24, 2.45) is 7.05 Å². The highest BCUT2D eigenvalue weighted by atomic mass is 35.5. The molecule has 0 aliphatic carbocycles. The summed E-state index contributed by atoms with van der Waals surface area (Å²) in [6.45, 7) is 4.01. The summed E-state index contributed by atoms with van der Waals surface area (Å²) < 4.78 is 15.2. The van der Waals surface area contributed by atoms with Gasteiger partial charge in [0.1, 0.15) is 5.82 Å². The molecule has 18 heavy (non-hydrogen) atoms. The minimum Gasteiger partial charge on any atom is -0.272 e. The van der Waals surface area contributed by atoms with Crippen LogP contribution in [-0.2, 0) is 7.05 Å². The van der Waals surface area contributed by atoms with Gasteiger partial charge in [0.25, 0.3) is 0 Å². The summed E-state index contributed by atoms with van der Waals surface area (Å²) in [4.78, 5) is 0. The van der Waals surface area contributed by atoms with E-state index in [1.807, 2.05) is 24.7 Å². The van der Waals surface area contributed by atoms with Gasteiger partial charge < -0.3 is 0 Å². The average Bonchev–Trinajstić information content (AvgIpc) is 2.64. The van der Waals surface area contributed by atoms with Crippen LogP contribution in [0.5, 0.6) is 0 Å². The first-order valence-electron chi connectivity index (χ1n) is 5.98. The maximum absolute atomic E-state index is 13.4. The molecule has 0 aliphatic rings. The van der Waals surface area contributed by atoms with Crippen molar-refractivity contribution in [3.63, 3.8) is 0 Å². The van der Waals surface area contributed by atoms with E-state index < -0.39 is 0 Å². The quantitative estimate of drug-likeness (QED) is 0.819. The van der Waals surface area contributed by atoms with Gasteiger partial charge in [-0.2, -0.15) is 5.10 Å². The van der Waals surface area contributed by atoms with Gasteiger partial charge in [-0.25, -0.2) is 4.39 Å². The monoisotopic (exact) mass is 266 g/mol. The zero-order valence-electron chi connectivity index (χ0n) is 10.7. The fourth-order valence-electron chi connectivity index (χ4n) is 2.33. The molecule has 1 atom stereocenters. The van der Waals surface area contributed by atoms with Crippen LogP contribution < -0.4 is 0 Å². The summed E-state index contributed by atoms with van der Waals surface area (Å²) in [5.74, 6) is -0.189. The normalized spacial score (nSPS) is 12.7. The fraction of sp³-hybridized carbons (Fsp3) is 0.357. The van der Waals surface area contributed by atoms with E-state index in [4.69, 9.17) is 11.6 Å². The number of rotatable bonds is 3. The van der Waals surface area contributed by atoms with Gasteiger partial charge in [-0.1, -0.05) is 18.5 Å². The zero-order chi connectivity index (χ0) is 13.3. The Kier molecular flexibility index (Phi) is 3.71. The van der Waals surface area contributed by atoms with E-state index in [9.17, 15) is 4.39 Å². The maximum Gasteiger partial charge on any atom is 0.123 e. The van der Waals surface area contributed by atoms with Crippen molar-refractivity contribution in [1.82, 2.24) is 9.78 Å². The van der Waals surface area contributed by atoms with Crippen LogP contribution in [0.25, 0.3) is 0 Å². The number of nitrogens with zero attached hydrogens (tertiary/aromatic N) is 2. The number of hydrogen-bond donors (Lipinski definition) is 0. The highest BCUT2D eigenvalue weighted by molar-refractivity contribution is 6.31. The summed E-state index contributed by atoms with van der Waals surface area (Å²) in [6.07, 6.45) is 0.849. The van der Waals surface area contributed by atoms with E-state index in [1.165, 1.54) is 12.1 Å². The molecule has 0 saturated heterocycles. The SMILES string of the molecule is CC[C@@H](c1cc(F)ccc1Cl)c1cc(C)nn1C. The van der Waals surface area contributed by atoms with Crippen LogP contribution in [-0.4, -0.2) is 9.78 Å². The van der Waals surface area contributed by atoms with Crippen LogP contribution in [0.2, 0.25) is 5.02 Å². The Morgan fingerprint density at radius 1 is 1.39 bits per heavy atom. The lowest BCUT2D eigenvalue weighted by Gasteiger charge is -2.17. The van der Waals surface area contributed by atoms with Crippen LogP contribution in [0.4, 0.5) is 4.39 Å². The smallest absolute Gasteiger partial charge is 0.123 e. The van der Waals surface area contributed by atoms with Gasteiger partial charge in [-0.15, -0.1) is 0 Å². The van der Waals surface area contributed by atoms with Gasteiger partial charge in [-0.05, 0) is 43.2 Å². The van der Waals surface area contributed by atoms with Crippen LogP contribution in [0, 0.1) is 12.7 Å². The zero-order valence-corrected chi connectivity index (χ0v) is 11.5. The lowest BCUT2D eigenvalue weighted by Crippen LogP contribution is -2.07. The number of hydrogen-bond acceptors (Lipinski definition) is 1. The summed E-state index contributed by atoms with van der Waals surface area (Å²) in [5, 5.41) is 4.94. The van der Waals surface area contributed by atoms with E-state index in [2.05, 4.69) is 12.0 Å². The number of aryl methyl sites for hydroxylation is 2. The molecule has 0 saturated carbocycles. The lowest BCUT2D eigenvalue weighted by atomic mass is 9.92. The summed E-state index contributed by atoms with van der Waals surface area (Å²) in [7, 11) is 1.90. The van der Waals surface area contributed by atoms with Crippen molar-refractivity contribution in [2.75, 3.05) is 0 Å². The molecule has 0 radical (unpaired) electrons. The summed E-state index contributed by atoms with van der Waals surface area (Å²) in [6, 6.07) is 6.53. The van der Waals surface area contributed by atoms with Gasteiger partial charge in [0.05, 0.1) is 5.69 Å². The topological polar surface area (TPSA) is 17.8 Å². The molecule has 4 heteroatoms. The second-order valence-electron chi connectivity index (χ2n) is 4.46.